The van der Waals surface area contributed by atoms with Crippen molar-refractivity contribution in [2.24, 2.45) is 0 Å². The number of anilines is 1. The molecular weight excluding hydrogens is 353 g/mol. The summed E-state index contributed by atoms with van der Waals surface area (Å²) in [5.74, 6) is 0.415. The maximum absolute atomic E-state index is 13.9. The Kier molecular flexibility index (Phi) is 4.50. The van der Waals surface area contributed by atoms with Gasteiger partial charge in [-0.2, -0.15) is 5.26 Å². The second-order valence-corrected chi connectivity index (χ2v) is 6.57. The number of hydrogen-bond acceptors (Lipinski definition) is 4. The molecule has 2 aromatic carbocycles. The highest BCUT2D eigenvalue weighted by Gasteiger charge is 2.19. The first-order chi connectivity index (χ1) is 13.6. The fourth-order valence-corrected chi connectivity index (χ4v) is 3.33. The van der Waals surface area contributed by atoms with Gasteiger partial charge in [-0.1, -0.05) is 18.2 Å². The molecule has 6 heteroatoms. The SMILES string of the molecule is Cc1nccc(NC(C)c2nc3ccc(F)cc3n2-c2ccccc2)c1C#N. The molecule has 1 atom stereocenters. The van der Waals surface area contributed by atoms with Crippen LogP contribution >= 0.6 is 0 Å². The number of rotatable bonds is 4. The van der Waals surface area contributed by atoms with Crippen LogP contribution in [0.5, 0.6) is 0 Å². The van der Waals surface area contributed by atoms with Crippen molar-refractivity contribution in [1.29, 1.82) is 5.26 Å². The number of pyridine rings is 1. The Labute approximate surface area is 162 Å². The number of nitriles is 1. The molecule has 4 aromatic rings. The van der Waals surface area contributed by atoms with Gasteiger partial charge < -0.3 is 5.32 Å². The van der Waals surface area contributed by atoms with Gasteiger partial charge in [-0.3, -0.25) is 9.55 Å². The zero-order valence-corrected chi connectivity index (χ0v) is 15.5. The van der Waals surface area contributed by atoms with E-state index in [1.54, 1.807) is 25.3 Å². The molecule has 1 N–H and O–H groups in total. The lowest BCUT2D eigenvalue weighted by Crippen LogP contribution is -2.14. The molecule has 0 bridgehead atoms. The number of aryl methyl sites for hydroxylation is 1. The van der Waals surface area contributed by atoms with Crippen LogP contribution in [0.3, 0.4) is 0 Å². The van der Waals surface area contributed by atoms with Crippen molar-refractivity contribution in [1.82, 2.24) is 14.5 Å². The number of fused-ring (bicyclic) bond motifs is 1. The van der Waals surface area contributed by atoms with Crippen LogP contribution in [0.1, 0.15) is 30.0 Å². The monoisotopic (exact) mass is 371 g/mol. The van der Waals surface area contributed by atoms with Gasteiger partial charge in [0.1, 0.15) is 17.7 Å². The van der Waals surface area contributed by atoms with Crippen molar-refractivity contribution in [2.75, 3.05) is 5.32 Å². The van der Waals surface area contributed by atoms with Crippen molar-refractivity contribution in [2.45, 2.75) is 19.9 Å². The van der Waals surface area contributed by atoms with Crippen molar-refractivity contribution in [3.63, 3.8) is 0 Å². The predicted molar refractivity (Wildman–Crippen MR) is 107 cm³/mol. The molecule has 0 saturated carbocycles. The van der Waals surface area contributed by atoms with E-state index in [0.717, 1.165) is 11.5 Å². The normalized spacial score (nSPS) is 11.9. The van der Waals surface area contributed by atoms with Gasteiger partial charge in [-0.05, 0) is 44.2 Å². The van der Waals surface area contributed by atoms with Crippen LogP contribution in [-0.4, -0.2) is 14.5 Å². The summed E-state index contributed by atoms with van der Waals surface area (Å²) in [7, 11) is 0. The van der Waals surface area contributed by atoms with Gasteiger partial charge in [0.15, 0.2) is 0 Å². The third-order valence-electron chi connectivity index (χ3n) is 4.67. The van der Waals surface area contributed by atoms with Gasteiger partial charge in [-0.25, -0.2) is 9.37 Å². The fraction of sp³-hybridized carbons (Fsp3) is 0.136. The van der Waals surface area contributed by atoms with Crippen LogP contribution in [0.4, 0.5) is 10.1 Å². The third-order valence-corrected chi connectivity index (χ3v) is 4.67. The summed E-state index contributed by atoms with van der Waals surface area (Å²) in [6.07, 6.45) is 1.67. The highest BCUT2D eigenvalue weighted by molar-refractivity contribution is 5.78. The molecule has 0 fully saturated rings. The third kappa shape index (κ3) is 3.08. The molecule has 0 spiro atoms. The molecule has 0 saturated heterocycles. The van der Waals surface area contributed by atoms with Crippen molar-refractivity contribution >= 4 is 16.7 Å². The summed E-state index contributed by atoms with van der Waals surface area (Å²) in [6, 6.07) is 18.0. The summed E-state index contributed by atoms with van der Waals surface area (Å²) in [4.78, 5) is 8.91. The minimum absolute atomic E-state index is 0.232. The maximum Gasteiger partial charge on any atom is 0.136 e. The lowest BCUT2D eigenvalue weighted by Gasteiger charge is -2.18. The van der Waals surface area contributed by atoms with E-state index in [-0.39, 0.29) is 11.9 Å². The maximum atomic E-state index is 13.9. The van der Waals surface area contributed by atoms with E-state index in [1.807, 2.05) is 41.8 Å². The van der Waals surface area contributed by atoms with Gasteiger partial charge >= 0.3 is 0 Å². The largest absolute Gasteiger partial charge is 0.374 e. The zero-order valence-electron chi connectivity index (χ0n) is 15.5. The zero-order chi connectivity index (χ0) is 19.7. The first kappa shape index (κ1) is 17.7. The molecule has 138 valence electrons. The number of benzene rings is 2. The van der Waals surface area contributed by atoms with E-state index in [9.17, 15) is 9.65 Å². The summed E-state index contributed by atoms with van der Waals surface area (Å²) < 4.78 is 15.9. The standard InChI is InChI=1S/C22H18FN5/c1-14-18(13-24)19(10-11-25-14)26-15(2)22-27-20-9-8-16(23)12-21(20)28(22)17-6-4-3-5-7-17/h3-12,15H,1-2H3,(H,25,26). The Hall–Kier alpha value is -3.72. The van der Waals surface area contributed by atoms with Crippen LogP contribution in [0.25, 0.3) is 16.7 Å². The lowest BCUT2D eigenvalue weighted by molar-refractivity contribution is 0.629. The predicted octanol–water partition coefficient (Wildman–Crippen LogP) is 4.91. The Balaban J connectivity index is 1.85. The molecule has 0 radical (unpaired) electrons. The van der Waals surface area contributed by atoms with Gasteiger partial charge in [0.25, 0.3) is 0 Å². The highest BCUT2D eigenvalue weighted by atomic mass is 19.1. The van der Waals surface area contributed by atoms with E-state index >= 15 is 0 Å². The van der Waals surface area contributed by atoms with Crippen molar-refractivity contribution in [3.8, 4) is 11.8 Å². The number of aromatic nitrogens is 3. The first-order valence-corrected chi connectivity index (χ1v) is 8.94. The van der Waals surface area contributed by atoms with E-state index in [2.05, 4.69) is 16.4 Å². The van der Waals surface area contributed by atoms with Crippen LogP contribution in [0, 0.1) is 24.1 Å². The minimum Gasteiger partial charge on any atom is -0.374 e. The lowest BCUT2D eigenvalue weighted by atomic mass is 10.1. The summed E-state index contributed by atoms with van der Waals surface area (Å²) in [6.45, 7) is 3.77. The summed E-state index contributed by atoms with van der Waals surface area (Å²) >= 11 is 0. The van der Waals surface area contributed by atoms with Gasteiger partial charge in [0.2, 0.25) is 0 Å². The number of nitrogens with one attached hydrogen (secondary N) is 1. The number of hydrogen-bond donors (Lipinski definition) is 1. The van der Waals surface area contributed by atoms with Gasteiger partial charge in [0, 0.05) is 18.0 Å². The first-order valence-electron chi connectivity index (χ1n) is 8.94. The summed E-state index contributed by atoms with van der Waals surface area (Å²) in [5, 5.41) is 12.8. The second kappa shape index (κ2) is 7.12. The molecule has 0 amide bonds. The topological polar surface area (TPSA) is 66.5 Å². The fourth-order valence-electron chi connectivity index (χ4n) is 3.33. The Bertz CT molecular complexity index is 1190. The number of halogens is 1. The average molecular weight is 371 g/mol. The minimum atomic E-state index is -0.312. The smallest absolute Gasteiger partial charge is 0.136 e. The van der Waals surface area contributed by atoms with Crippen LogP contribution < -0.4 is 5.32 Å². The Morgan fingerprint density at radius 3 is 2.68 bits per heavy atom. The van der Waals surface area contributed by atoms with Crippen LogP contribution in [-0.2, 0) is 0 Å². The number of imidazole rings is 1. The van der Waals surface area contributed by atoms with Gasteiger partial charge in [-0.15, -0.1) is 0 Å². The highest BCUT2D eigenvalue weighted by Crippen LogP contribution is 2.29. The molecule has 0 aliphatic heterocycles. The van der Waals surface area contributed by atoms with E-state index in [0.29, 0.717) is 28.0 Å². The average Bonchev–Trinajstić information content (AvgIpc) is 3.07. The van der Waals surface area contributed by atoms with E-state index in [1.165, 1.54) is 12.1 Å². The van der Waals surface area contributed by atoms with Gasteiger partial charge in [0.05, 0.1) is 34.0 Å². The second-order valence-electron chi connectivity index (χ2n) is 6.57. The molecule has 2 heterocycles. The molecular formula is C22H18FN5. The molecule has 0 aliphatic carbocycles. The summed E-state index contributed by atoms with van der Waals surface area (Å²) in [5.41, 5.74) is 4.16. The molecule has 2 aromatic heterocycles. The molecule has 28 heavy (non-hydrogen) atoms. The molecule has 0 aliphatic rings. The molecule has 4 rings (SSSR count). The quantitative estimate of drug-likeness (QED) is 0.553. The van der Waals surface area contributed by atoms with Crippen molar-refractivity contribution < 1.29 is 4.39 Å². The Morgan fingerprint density at radius 2 is 1.93 bits per heavy atom. The van der Waals surface area contributed by atoms with Crippen LogP contribution in [0.15, 0.2) is 60.8 Å². The van der Waals surface area contributed by atoms with Crippen molar-refractivity contribution in [3.05, 3.63) is 83.7 Å². The molecule has 1 unspecified atom stereocenters. The number of para-hydroxylation sites is 1. The van der Waals surface area contributed by atoms with Crippen LogP contribution in [0.2, 0.25) is 0 Å². The molecule has 5 nitrogen and oxygen atoms in total. The Morgan fingerprint density at radius 1 is 1.14 bits per heavy atom. The van der Waals surface area contributed by atoms with E-state index in [4.69, 9.17) is 4.98 Å². The number of nitrogens with zero attached hydrogens (tertiary/aromatic N) is 4. The van der Waals surface area contributed by atoms with E-state index < -0.39 is 0 Å².